The van der Waals surface area contributed by atoms with Crippen molar-refractivity contribution in [3.05, 3.63) is 71.9 Å². The van der Waals surface area contributed by atoms with Crippen LogP contribution in [0.3, 0.4) is 0 Å². The molecule has 1 N–H and O–H groups in total. The van der Waals surface area contributed by atoms with Gasteiger partial charge in [-0.3, -0.25) is 4.79 Å². The number of ether oxygens (including phenoxy) is 2. The first-order valence-corrected chi connectivity index (χ1v) is 8.27. The third-order valence-electron chi connectivity index (χ3n) is 3.55. The first-order valence-electron chi connectivity index (χ1n) is 8.27. The predicted molar refractivity (Wildman–Crippen MR) is 98.8 cm³/mol. The summed E-state index contributed by atoms with van der Waals surface area (Å²) in [7, 11) is 0. The molecule has 0 bridgehead atoms. The highest BCUT2D eigenvalue weighted by molar-refractivity contribution is 6.05. The maximum absolute atomic E-state index is 12.4. The number of carbonyl (C=O) groups excluding carboxylic acids is 1. The van der Waals surface area contributed by atoms with E-state index in [9.17, 15) is 4.79 Å². The van der Waals surface area contributed by atoms with Gasteiger partial charge in [-0.1, -0.05) is 12.1 Å². The molecule has 0 unspecified atom stereocenters. The molecule has 3 aromatic rings. The highest BCUT2D eigenvalue weighted by atomic mass is 16.5. The smallest absolute Gasteiger partial charge is 0.255 e. The van der Waals surface area contributed by atoms with Crippen LogP contribution in [0, 0.1) is 6.92 Å². The summed E-state index contributed by atoms with van der Waals surface area (Å²) in [5.41, 5.74) is 1.96. The average Bonchev–Trinajstić information content (AvgIpc) is 2.66. The lowest BCUT2D eigenvalue weighted by Gasteiger charge is -2.11. The van der Waals surface area contributed by atoms with Crippen molar-refractivity contribution in [1.82, 2.24) is 10.2 Å². The maximum atomic E-state index is 12.4. The van der Waals surface area contributed by atoms with E-state index < -0.39 is 0 Å². The number of nitrogens with zero attached hydrogens (tertiary/aromatic N) is 2. The summed E-state index contributed by atoms with van der Waals surface area (Å²) in [6.45, 7) is 4.28. The molecule has 1 aromatic heterocycles. The van der Waals surface area contributed by atoms with Gasteiger partial charge in [0.25, 0.3) is 5.91 Å². The molecular weight excluding hydrogens is 330 g/mol. The molecule has 1 heterocycles. The third kappa shape index (κ3) is 4.36. The van der Waals surface area contributed by atoms with E-state index in [4.69, 9.17) is 9.47 Å². The Balaban J connectivity index is 1.68. The Morgan fingerprint density at radius 1 is 1.00 bits per heavy atom. The zero-order valence-electron chi connectivity index (χ0n) is 14.6. The van der Waals surface area contributed by atoms with Crippen LogP contribution in [-0.4, -0.2) is 22.7 Å². The first-order chi connectivity index (χ1) is 12.7. The molecular formula is C20H19N3O3. The number of anilines is 1. The van der Waals surface area contributed by atoms with Crippen molar-refractivity contribution in [2.45, 2.75) is 13.8 Å². The molecule has 0 fully saturated rings. The number of rotatable bonds is 6. The number of benzene rings is 2. The Morgan fingerprint density at radius 3 is 2.46 bits per heavy atom. The van der Waals surface area contributed by atoms with Crippen LogP contribution in [0.25, 0.3) is 0 Å². The van der Waals surface area contributed by atoms with Crippen molar-refractivity contribution in [1.29, 1.82) is 0 Å². The van der Waals surface area contributed by atoms with Crippen LogP contribution in [-0.2, 0) is 0 Å². The van der Waals surface area contributed by atoms with Crippen molar-refractivity contribution in [2.24, 2.45) is 0 Å². The Labute approximate surface area is 151 Å². The first kappa shape index (κ1) is 17.4. The summed E-state index contributed by atoms with van der Waals surface area (Å²) in [4.78, 5) is 12.4. The minimum absolute atomic E-state index is 0.223. The van der Waals surface area contributed by atoms with E-state index >= 15 is 0 Å². The fourth-order valence-corrected chi connectivity index (χ4v) is 2.28. The monoisotopic (exact) mass is 349 g/mol. The van der Waals surface area contributed by atoms with Crippen molar-refractivity contribution in [3.63, 3.8) is 0 Å². The fraction of sp³-hybridized carbons (Fsp3) is 0.150. The number of amides is 1. The zero-order chi connectivity index (χ0) is 18.4. The lowest BCUT2D eigenvalue weighted by Crippen LogP contribution is -2.12. The summed E-state index contributed by atoms with van der Waals surface area (Å²) in [6, 6.07) is 17.7. The second kappa shape index (κ2) is 8.11. The van der Waals surface area contributed by atoms with Crippen LogP contribution in [0.1, 0.15) is 23.0 Å². The number of hydrogen-bond donors (Lipinski definition) is 1. The Kier molecular flexibility index (Phi) is 5.43. The molecule has 0 radical (unpaired) electrons. The van der Waals surface area contributed by atoms with Gasteiger partial charge in [0.1, 0.15) is 11.5 Å². The zero-order valence-corrected chi connectivity index (χ0v) is 14.6. The van der Waals surface area contributed by atoms with Gasteiger partial charge in [-0.05, 0) is 56.3 Å². The second-order valence-corrected chi connectivity index (χ2v) is 5.52. The predicted octanol–water partition coefficient (Wildman–Crippen LogP) is 4.23. The van der Waals surface area contributed by atoms with E-state index in [0.717, 1.165) is 5.69 Å². The molecule has 0 saturated heterocycles. The Morgan fingerprint density at radius 2 is 1.77 bits per heavy atom. The molecule has 0 aliphatic rings. The van der Waals surface area contributed by atoms with Gasteiger partial charge in [0.05, 0.1) is 18.0 Å². The summed E-state index contributed by atoms with van der Waals surface area (Å²) >= 11 is 0. The highest BCUT2D eigenvalue weighted by Crippen LogP contribution is 2.25. The molecule has 0 atom stereocenters. The molecule has 132 valence electrons. The van der Waals surface area contributed by atoms with Crippen LogP contribution < -0.4 is 14.8 Å². The normalized spacial score (nSPS) is 10.2. The van der Waals surface area contributed by atoms with Crippen LogP contribution in [0.4, 0.5) is 5.69 Å². The lowest BCUT2D eigenvalue weighted by molar-refractivity contribution is 0.102. The molecule has 0 aliphatic heterocycles. The molecule has 0 spiro atoms. The van der Waals surface area contributed by atoms with Gasteiger partial charge in [-0.15, -0.1) is 5.10 Å². The number of para-hydroxylation sites is 2. The average molecular weight is 349 g/mol. The minimum Gasteiger partial charge on any atom is -0.492 e. The minimum atomic E-state index is -0.223. The van der Waals surface area contributed by atoms with Crippen LogP contribution >= 0.6 is 0 Å². The molecule has 0 saturated carbocycles. The second-order valence-electron chi connectivity index (χ2n) is 5.52. The van der Waals surface area contributed by atoms with Gasteiger partial charge in [0, 0.05) is 11.6 Å². The van der Waals surface area contributed by atoms with Gasteiger partial charge >= 0.3 is 0 Å². The number of aromatic nitrogens is 2. The summed E-state index contributed by atoms with van der Waals surface area (Å²) in [5.74, 6) is 1.40. The van der Waals surface area contributed by atoms with Gasteiger partial charge in [0.2, 0.25) is 5.88 Å². The van der Waals surface area contributed by atoms with Crippen molar-refractivity contribution in [3.8, 4) is 17.4 Å². The molecule has 6 heteroatoms. The van der Waals surface area contributed by atoms with Crippen LogP contribution in [0.5, 0.6) is 17.4 Å². The summed E-state index contributed by atoms with van der Waals surface area (Å²) in [6.07, 6.45) is 0. The molecule has 2 aromatic carbocycles. The lowest BCUT2D eigenvalue weighted by atomic mass is 10.2. The molecule has 26 heavy (non-hydrogen) atoms. The van der Waals surface area contributed by atoms with E-state index in [1.165, 1.54) is 0 Å². The Hall–Kier alpha value is -3.41. The van der Waals surface area contributed by atoms with E-state index in [1.54, 1.807) is 36.4 Å². The Bertz CT molecular complexity index is 878. The molecule has 0 aliphatic carbocycles. The third-order valence-corrected chi connectivity index (χ3v) is 3.55. The quantitative estimate of drug-likeness (QED) is 0.721. The number of hydrogen-bond acceptors (Lipinski definition) is 5. The number of nitrogens with one attached hydrogen (secondary N) is 1. The number of aryl methyl sites for hydroxylation is 1. The molecule has 6 nitrogen and oxygen atoms in total. The van der Waals surface area contributed by atoms with Crippen molar-refractivity contribution >= 4 is 11.6 Å². The largest absolute Gasteiger partial charge is 0.492 e. The van der Waals surface area contributed by atoms with Gasteiger partial charge in [0.15, 0.2) is 0 Å². The van der Waals surface area contributed by atoms with Crippen LogP contribution in [0.2, 0.25) is 0 Å². The SMILES string of the molecule is CCOc1ccccc1NC(=O)c1ccc(Oc2ccc(C)nn2)cc1. The van der Waals surface area contributed by atoms with Crippen LogP contribution in [0.15, 0.2) is 60.7 Å². The maximum Gasteiger partial charge on any atom is 0.255 e. The number of carbonyl (C=O) groups is 1. The van der Waals surface area contributed by atoms with Crippen molar-refractivity contribution in [2.75, 3.05) is 11.9 Å². The van der Waals surface area contributed by atoms with Gasteiger partial charge in [-0.25, -0.2) is 0 Å². The summed E-state index contributed by atoms with van der Waals surface area (Å²) in [5, 5.41) is 10.7. The van der Waals surface area contributed by atoms with E-state index in [-0.39, 0.29) is 5.91 Å². The molecule has 1 amide bonds. The fourth-order valence-electron chi connectivity index (χ4n) is 2.28. The molecule has 3 rings (SSSR count). The van der Waals surface area contributed by atoms with Gasteiger partial charge in [-0.2, -0.15) is 5.10 Å². The summed E-state index contributed by atoms with van der Waals surface area (Å²) < 4.78 is 11.1. The van der Waals surface area contributed by atoms with E-state index in [0.29, 0.717) is 35.2 Å². The van der Waals surface area contributed by atoms with E-state index in [1.807, 2.05) is 38.1 Å². The van der Waals surface area contributed by atoms with E-state index in [2.05, 4.69) is 15.5 Å². The topological polar surface area (TPSA) is 73.3 Å². The highest BCUT2D eigenvalue weighted by Gasteiger charge is 2.10. The standard InChI is InChI=1S/C20H19N3O3/c1-3-25-18-7-5-4-6-17(18)21-20(24)15-9-11-16(12-10-15)26-19-13-8-14(2)22-23-19/h4-13H,3H2,1-2H3,(H,21,24). The van der Waals surface area contributed by atoms with Crippen molar-refractivity contribution < 1.29 is 14.3 Å². The van der Waals surface area contributed by atoms with Gasteiger partial charge < -0.3 is 14.8 Å².